The standard InChI is InChI=1S/C31H34Cl2FN3O4S/c1-3-28(31(39)35-24-8-4-5-9-24)36(19-22-14-15-23(32)18-26(22)33)30(38)20-37(29-11-7-6-10-27(29)34)42(40,41)25-16-12-21(2)13-17-25/h6-7,10-18,24,28H,3-5,8-9,19-20H2,1-2H3,(H,35,39)/t28-/m1/s1. The molecule has 224 valence electrons. The summed E-state index contributed by atoms with van der Waals surface area (Å²) in [6.45, 7) is 2.77. The van der Waals surface area contributed by atoms with Gasteiger partial charge in [-0.2, -0.15) is 0 Å². The Labute approximate surface area is 256 Å². The number of rotatable bonds is 11. The molecule has 0 aliphatic heterocycles. The smallest absolute Gasteiger partial charge is 0.264 e. The predicted molar refractivity (Wildman–Crippen MR) is 164 cm³/mol. The maximum absolute atomic E-state index is 15.1. The molecule has 3 aromatic rings. The van der Waals surface area contributed by atoms with Gasteiger partial charge in [0.15, 0.2) is 0 Å². The van der Waals surface area contributed by atoms with Gasteiger partial charge in [-0.05, 0) is 68.1 Å². The van der Waals surface area contributed by atoms with E-state index in [-0.39, 0.29) is 35.5 Å². The summed E-state index contributed by atoms with van der Waals surface area (Å²) in [7, 11) is -4.38. The molecule has 1 aliphatic carbocycles. The summed E-state index contributed by atoms with van der Waals surface area (Å²) in [5.74, 6) is -1.82. The van der Waals surface area contributed by atoms with Gasteiger partial charge in [-0.1, -0.05) is 78.9 Å². The van der Waals surface area contributed by atoms with Crippen molar-refractivity contribution in [3.05, 3.63) is 93.7 Å². The fourth-order valence-electron chi connectivity index (χ4n) is 5.13. The maximum Gasteiger partial charge on any atom is 0.264 e. The molecule has 1 aliphatic rings. The van der Waals surface area contributed by atoms with E-state index in [1.807, 2.05) is 6.92 Å². The Hall–Kier alpha value is -3.14. The Morgan fingerprint density at radius 2 is 1.69 bits per heavy atom. The van der Waals surface area contributed by atoms with Gasteiger partial charge in [0.2, 0.25) is 11.8 Å². The van der Waals surface area contributed by atoms with E-state index in [0.717, 1.165) is 41.6 Å². The molecule has 4 rings (SSSR count). The third-order valence-electron chi connectivity index (χ3n) is 7.45. The van der Waals surface area contributed by atoms with Crippen LogP contribution in [-0.2, 0) is 26.2 Å². The van der Waals surface area contributed by atoms with Crippen molar-refractivity contribution in [1.82, 2.24) is 10.2 Å². The second-order valence-electron chi connectivity index (χ2n) is 10.4. The number of hydrogen-bond acceptors (Lipinski definition) is 4. The Balaban J connectivity index is 1.74. The number of nitrogens with zero attached hydrogens (tertiary/aromatic N) is 2. The lowest BCUT2D eigenvalue weighted by Crippen LogP contribution is -2.53. The molecular weight excluding hydrogens is 600 g/mol. The van der Waals surface area contributed by atoms with Gasteiger partial charge in [0.25, 0.3) is 10.0 Å². The monoisotopic (exact) mass is 633 g/mol. The quantitative estimate of drug-likeness (QED) is 0.261. The van der Waals surface area contributed by atoms with Crippen LogP contribution >= 0.6 is 23.2 Å². The normalized spacial score (nSPS) is 14.4. The number of carbonyl (C=O) groups excluding carboxylic acids is 2. The number of halogens is 3. The summed E-state index contributed by atoms with van der Waals surface area (Å²) >= 11 is 12.5. The first-order valence-electron chi connectivity index (χ1n) is 13.9. The van der Waals surface area contributed by atoms with Crippen molar-refractivity contribution in [2.24, 2.45) is 0 Å². The molecule has 42 heavy (non-hydrogen) atoms. The first kappa shape index (κ1) is 31.8. The van der Waals surface area contributed by atoms with Crippen LogP contribution in [0, 0.1) is 12.7 Å². The molecule has 1 N–H and O–H groups in total. The Morgan fingerprint density at radius 3 is 2.31 bits per heavy atom. The SMILES string of the molecule is CC[C@H](C(=O)NC1CCCC1)N(Cc1ccc(Cl)cc1Cl)C(=O)CN(c1ccccc1F)S(=O)(=O)c1ccc(C)cc1. The lowest BCUT2D eigenvalue weighted by atomic mass is 10.1. The van der Waals surface area contributed by atoms with Crippen LogP contribution in [0.3, 0.4) is 0 Å². The van der Waals surface area contributed by atoms with Crippen LogP contribution in [-0.4, -0.2) is 43.8 Å². The minimum Gasteiger partial charge on any atom is -0.352 e. The average molecular weight is 635 g/mol. The highest BCUT2D eigenvalue weighted by atomic mass is 35.5. The summed E-state index contributed by atoms with van der Waals surface area (Å²) in [6.07, 6.45) is 4.00. The van der Waals surface area contributed by atoms with E-state index < -0.39 is 34.3 Å². The second-order valence-corrected chi connectivity index (χ2v) is 13.2. The predicted octanol–water partition coefficient (Wildman–Crippen LogP) is 6.50. The number of para-hydroxylation sites is 1. The molecule has 0 spiro atoms. The molecule has 0 aromatic heterocycles. The number of nitrogens with one attached hydrogen (secondary N) is 1. The molecule has 0 unspecified atom stereocenters. The molecule has 3 aromatic carbocycles. The van der Waals surface area contributed by atoms with Crippen LogP contribution < -0.4 is 9.62 Å². The van der Waals surface area contributed by atoms with Crippen molar-refractivity contribution in [3.63, 3.8) is 0 Å². The van der Waals surface area contributed by atoms with Gasteiger partial charge in [-0.15, -0.1) is 0 Å². The highest BCUT2D eigenvalue weighted by Crippen LogP contribution is 2.29. The average Bonchev–Trinajstić information content (AvgIpc) is 3.46. The lowest BCUT2D eigenvalue weighted by Gasteiger charge is -2.34. The van der Waals surface area contributed by atoms with E-state index in [4.69, 9.17) is 23.2 Å². The zero-order chi connectivity index (χ0) is 30.4. The molecule has 0 heterocycles. The topological polar surface area (TPSA) is 86.8 Å². The first-order chi connectivity index (χ1) is 20.0. The molecule has 0 saturated heterocycles. The number of aryl methyl sites for hydroxylation is 1. The second kappa shape index (κ2) is 13.9. The van der Waals surface area contributed by atoms with Crippen LogP contribution in [0.1, 0.15) is 50.2 Å². The zero-order valence-electron chi connectivity index (χ0n) is 23.5. The van der Waals surface area contributed by atoms with Crippen molar-refractivity contribution in [2.75, 3.05) is 10.8 Å². The number of carbonyl (C=O) groups is 2. The van der Waals surface area contributed by atoms with Gasteiger partial charge in [-0.25, -0.2) is 12.8 Å². The Morgan fingerprint density at radius 1 is 1.02 bits per heavy atom. The van der Waals surface area contributed by atoms with Gasteiger partial charge < -0.3 is 10.2 Å². The summed E-state index contributed by atoms with van der Waals surface area (Å²) < 4.78 is 43.6. The van der Waals surface area contributed by atoms with Crippen LogP contribution in [0.25, 0.3) is 0 Å². The number of sulfonamides is 1. The number of amides is 2. The van der Waals surface area contributed by atoms with Gasteiger partial charge in [0, 0.05) is 22.6 Å². The summed E-state index contributed by atoms with van der Waals surface area (Å²) in [5.41, 5.74) is 1.09. The third kappa shape index (κ3) is 7.43. The molecule has 1 saturated carbocycles. The fourth-order valence-corrected chi connectivity index (χ4v) is 7.02. The molecule has 11 heteroatoms. The van der Waals surface area contributed by atoms with Gasteiger partial charge in [0.05, 0.1) is 10.6 Å². The summed E-state index contributed by atoms with van der Waals surface area (Å²) in [6, 6.07) is 15.4. The molecule has 0 radical (unpaired) electrons. The maximum atomic E-state index is 15.1. The van der Waals surface area contributed by atoms with E-state index in [9.17, 15) is 18.0 Å². The largest absolute Gasteiger partial charge is 0.352 e. The fraction of sp³-hybridized carbons (Fsp3) is 0.355. The van der Waals surface area contributed by atoms with Gasteiger partial charge >= 0.3 is 0 Å². The van der Waals surface area contributed by atoms with Gasteiger partial charge in [0.1, 0.15) is 18.4 Å². The van der Waals surface area contributed by atoms with E-state index in [0.29, 0.717) is 15.6 Å². The Bertz CT molecular complexity index is 1530. The van der Waals surface area contributed by atoms with Gasteiger partial charge in [-0.3, -0.25) is 13.9 Å². The van der Waals surface area contributed by atoms with Crippen molar-refractivity contribution in [2.45, 2.75) is 69.5 Å². The third-order valence-corrected chi connectivity index (χ3v) is 9.81. The van der Waals surface area contributed by atoms with Crippen molar-refractivity contribution < 1.29 is 22.4 Å². The highest BCUT2D eigenvalue weighted by Gasteiger charge is 2.35. The minimum atomic E-state index is -4.38. The first-order valence-corrected chi connectivity index (χ1v) is 16.1. The molecule has 1 fully saturated rings. The molecular formula is C31H34Cl2FN3O4S. The molecule has 0 bridgehead atoms. The van der Waals surface area contributed by atoms with E-state index in [1.54, 1.807) is 31.2 Å². The Kier molecular flexibility index (Phi) is 10.5. The van der Waals surface area contributed by atoms with E-state index in [2.05, 4.69) is 5.32 Å². The van der Waals surface area contributed by atoms with Crippen molar-refractivity contribution >= 4 is 50.7 Å². The summed E-state index contributed by atoms with van der Waals surface area (Å²) in [5, 5.41) is 3.75. The van der Waals surface area contributed by atoms with Crippen LogP contribution in [0.2, 0.25) is 10.0 Å². The van der Waals surface area contributed by atoms with E-state index >= 15 is 4.39 Å². The van der Waals surface area contributed by atoms with Crippen molar-refractivity contribution in [3.8, 4) is 0 Å². The molecule has 2 amide bonds. The highest BCUT2D eigenvalue weighted by molar-refractivity contribution is 7.92. The van der Waals surface area contributed by atoms with Crippen LogP contribution in [0.15, 0.2) is 71.6 Å². The summed E-state index contributed by atoms with van der Waals surface area (Å²) in [4.78, 5) is 28.9. The van der Waals surface area contributed by atoms with Crippen LogP contribution in [0.4, 0.5) is 10.1 Å². The van der Waals surface area contributed by atoms with Crippen molar-refractivity contribution in [1.29, 1.82) is 0 Å². The van der Waals surface area contributed by atoms with Crippen LogP contribution in [0.5, 0.6) is 0 Å². The number of anilines is 1. The lowest BCUT2D eigenvalue weighted by molar-refractivity contribution is -0.140. The molecule has 1 atom stereocenters. The number of hydrogen-bond donors (Lipinski definition) is 1. The minimum absolute atomic E-state index is 0.0134. The van der Waals surface area contributed by atoms with E-state index in [1.165, 1.54) is 41.3 Å². The number of benzene rings is 3. The zero-order valence-corrected chi connectivity index (χ0v) is 25.9. The molecule has 7 nitrogen and oxygen atoms in total.